The molecule has 5 rings (SSSR count). The van der Waals surface area contributed by atoms with Crippen LogP contribution in [-0.4, -0.2) is 27.7 Å². The number of methoxy groups -OCH3 is 1. The van der Waals surface area contributed by atoms with Crippen LogP contribution in [0.5, 0.6) is 11.6 Å². The topological polar surface area (TPSA) is 89.1 Å². The molecule has 0 aliphatic heterocycles. The summed E-state index contributed by atoms with van der Waals surface area (Å²) in [7, 11) is 1.58. The molecule has 5 aromatic rings. The standard InChI is InChI=1S/C31H30N4O3/c1-19(2)14-15-35-28-13-10-20(3)16-25(28)29(31(35)37)33-34-30(36)24-18-27(21-8-6-5-7-9-21)32-26-12-11-22(38-4)17-23(24)26/h5-13,16-19,37H,14-15H2,1-4H3. The Kier molecular flexibility index (Phi) is 6.92. The van der Waals surface area contributed by atoms with Crippen LogP contribution in [0, 0.1) is 12.8 Å². The van der Waals surface area contributed by atoms with Crippen LogP contribution in [0.15, 0.2) is 83.0 Å². The number of aromatic hydroxyl groups is 1. The van der Waals surface area contributed by atoms with Gasteiger partial charge in [-0.25, -0.2) is 4.98 Å². The molecule has 7 nitrogen and oxygen atoms in total. The van der Waals surface area contributed by atoms with Gasteiger partial charge in [-0.3, -0.25) is 4.79 Å². The first-order valence-corrected chi connectivity index (χ1v) is 12.7. The lowest BCUT2D eigenvalue weighted by molar-refractivity contribution is 0.0996. The highest BCUT2D eigenvalue weighted by molar-refractivity contribution is 6.08. The number of benzene rings is 3. The molecule has 0 atom stereocenters. The van der Waals surface area contributed by atoms with Crippen molar-refractivity contribution >= 4 is 33.4 Å². The van der Waals surface area contributed by atoms with Crippen LogP contribution in [0.1, 0.15) is 36.2 Å². The predicted molar refractivity (Wildman–Crippen MR) is 150 cm³/mol. The fraction of sp³-hybridized carbons (Fsp3) is 0.226. The maximum atomic E-state index is 13.5. The number of amides is 1. The summed E-state index contributed by atoms with van der Waals surface area (Å²) in [6.07, 6.45) is 0.897. The van der Waals surface area contributed by atoms with Crippen molar-refractivity contribution in [1.82, 2.24) is 9.55 Å². The Labute approximate surface area is 221 Å². The van der Waals surface area contributed by atoms with Crippen molar-refractivity contribution in [2.45, 2.75) is 33.7 Å². The maximum absolute atomic E-state index is 13.5. The minimum Gasteiger partial charge on any atom is -0.497 e. The van der Waals surface area contributed by atoms with Crippen molar-refractivity contribution in [3.63, 3.8) is 0 Å². The molecule has 192 valence electrons. The lowest BCUT2D eigenvalue weighted by Crippen LogP contribution is -2.00. The van der Waals surface area contributed by atoms with E-state index in [-0.39, 0.29) is 5.88 Å². The van der Waals surface area contributed by atoms with Gasteiger partial charge < -0.3 is 14.4 Å². The Bertz CT molecular complexity index is 1670. The van der Waals surface area contributed by atoms with Crippen molar-refractivity contribution in [2.75, 3.05) is 7.11 Å². The first-order chi connectivity index (χ1) is 18.4. The van der Waals surface area contributed by atoms with Crippen LogP contribution in [0.4, 0.5) is 5.69 Å². The van der Waals surface area contributed by atoms with Crippen LogP contribution in [0.25, 0.3) is 33.1 Å². The van der Waals surface area contributed by atoms with Crippen molar-refractivity contribution < 1.29 is 14.6 Å². The van der Waals surface area contributed by atoms with E-state index in [9.17, 15) is 9.90 Å². The summed E-state index contributed by atoms with van der Waals surface area (Å²) in [5.74, 6) is 0.561. The lowest BCUT2D eigenvalue weighted by Gasteiger charge is -2.09. The van der Waals surface area contributed by atoms with Gasteiger partial charge >= 0.3 is 0 Å². The summed E-state index contributed by atoms with van der Waals surface area (Å²) >= 11 is 0. The molecule has 2 aromatic heterocycles. The average molecular weight is 507 g/mol. The van der Waals surface area contributed by atoms with Crippen LogP contribution in [-0.2, 0) is 6.54 Å². The molecular weight excluding hydrogens is 476 g/mol. The third-order valence-electron chi connectivity index (χ3n) is 6.65. The minimum atomic E-state index is -0.530. The predicted octanol–water partition coefficient (Wildman–Crippen LogP) is 7.85. The highest BCUT2D eigenvalue weighted by atomic mass is 16.5. The zero-order valence-corrected chi connectivity index (χ0v) is 22.0. The van der Waals surface area contributed by atoms with E-state index in [1.807, 2.05) is 72.2 Å². The molecule has 0 radical (unpaired) electrons. The molecule has 0 fully saturated rings. The van der Waals surface area contributed by atoms with Crippen molar-refractivity contribution in [2.24, 2.45) is 16.1 Å². The van der Waals surface area contributed by atoms with Gasteiger partial charge in [0.05, 0.1) is 29.4 Å². The number of carbonyl (C=O) groups excluding carboxylic acids is 1. The van der Waals surface area contributed by atoms with Crippen LogP contribution in [0.3, 0.4) is 0 Å². The van der Waals surface area contributed by atoms with Gasteiger partial charge in [-0.2, -0.15) is 0 Å². The number of azo groups is 1. The van der Waals surface area contributed by atoms with Crippen LogP contribution in [0.2, 0.25) is 0 Å². The number of pyridine rings is 1. The molecule has 1 N–H and O–H groups in total. The quantitative estimate of drug-likeness (QED) is 0.228. The van der Waals surface area contributed by atoms with Gasteiger partial charge in [-0.05, 0) is 55.7 Å². The van der Waals surface area contributed by atoms with Gasteiger partial charge in [0.15, 0.2) is 5.69 Å². The zero-order valence-electron chi connectivity index (χ0n) is 22.0. The van der Waals surface area contributed by atoms with E-state index in [1.54, 1.807) is 19.2 Å². The van der Waals surface area contributed by atoms with Crippen molar-refractivity contribution in [1.29, 1.82) is 0 Å². The van der Waals surface area contributed by atoms with E-state index in [2.05, 4.69) is 24.1 Å². The third-order valence-corrected chi connectivity index (χ3v) is 6.65. The molecule has 2 heterocycles. The van der Waals surface area contributed by atoms with E-state index in [0.717, 1.165) is 28.5 Å². The molecule has 0 saturated heterocycles. The number of ether oxygens (including phenoxy) is 1. The van der Waals surface area contributed by atoms with Gasteiger partial charge in [0.1, 0.15) is 5.75 Å². The van der Waals surface area contributed by atoms with Crippen molar-refractivity contribution in [3.8, 4) is 22.9 Å². The molecule has 0 unspecified atom stereocenters. The largest absolute Gasteiger partial charge is 0.497 e. The first-order valence-electron chi connectivity index (χ1n) is 12.7. The molecule has 3 aromatic carbocycles. The average Bonchev–Trinajstić information content (AvgIpc) is 3.19. The first kappa shape index (κ1) is 25.1. The fourth-order valence-corrected chi connectivity index (χ4v) is 4.56. The number of nitrogens with zero attached hydrogens (tertiary/aromatic N) is 4. The summed E-state index contributed by atoms with van der Waals surface area (Å²) < 4.78 is 7.23. The Balaban J connectivity index is 1.61. The SMILES string of the molecule is COc1ccc2nc(-c3ccccc3)cc(C(=O)N=Nc3c(O)n(CCC(C)C)c4ccc(C)cc34)c2c1. The monoisotopic (exact) mass is 506 g/mol. The smallest absolute Gasteiger partial charge is 0.296 e. The zero-order chi connectivity index (χ0) is 26.8. The number of aromatic nitrogens is 2. The third kappa shape index (κ3) is 4.87. The van der Waals surface area contributed by atoms with E-state index >= 15 is 0 Å². The highest BCUT2D eigenvalue weighted by Gasteiger charge is 2.19. The van der Waals surface area contributed by atoms with Gasteiger partial charge in [0.2, 0.25) is 5.88 Å². The van der Waals surface area contributed by atoms with Gasteiger partial charge in [-0.15, -0.1) is 10.2 Å². The second kappa shape index (κ2) is 10.5. The number of aryl methyl sites for hydroxylation is 2. The fourth-order valence-electron chi connectivity index (χ4n) is 4.56. The summed E-state index contributed by atoms with van der Waals surface area (Å²) in [4.78, 5) is 18.3. The Morgan fingerprint density at radius 3 is 2.55 bits per heavy atom. The number of rotatable bonds is 7. The molecule has 1 amide bonds. The number of fused-ring (bicyclic) bond motifs is 2. The molecule has 0 spiro atoms. The molecule has 0 saturated carbocycles. The van der Waals surface area contributed by atoms with Gasteiger partial charge in [-0.1, -0.05) is 55.8 Å². The van der Waals surface area contributed by atoms with E-state index < -0.39 is 5.91 Å². The van der Waals surface area contributed by atoms with Gasteiger partial charge in [0, 0.05) is 22.9 Å². The van der Waals surface area contributed by atoms with Crippen LogP contribution >= 0.6 is 0 Å². The summed E-state index contributed by atoms with van der Waals surface area (Å²) in [6.45, 7) is 6.91. The summed E-state index contributed by atoms with van der Waals surface area (Å²) in [5, 5.41) is 20.9. The van der Waals surface area contributed by atoms with E-state index in [1.165, 1.54) is 0 Å². The number of hydrogen-bond acceptors (Lipinski definition) is 5. The number of carbonyl (C=O) groups is 1. The van der Waals surface area contributed by atoms with Gasteiger partial charge in [0.25, 0.3) is 5.91 Å². The molecule has 0 aliphatic carbocycles. The molecule has 0 bridgehead atoms. The Morgan fingerprint density at radius 1 is 1.03 bits per heavy atom. The van der Waals surface area contributed by atoms with E-state index in [4.69, 9.17) is 9.72 Å². The molecule has 7 heteroatoms. The minimum absolute atomic E-state index is 0.00836. The van der Waals surface area contributed by atoms with Crippen LogP contribution < -0.4 is 4.74 Å². The molecule has 38 heavy (non-hydrogen) atoms. The van der Waals surface area contributed by atoms with Crippen molar-refractivity contribution in [3.05, 3.63) is 83.9 Å². The Morgan fingerprint density at radius 2 is 1.82 bits per heavy atom. The van der Waals surface area contributed by atoms with E-state index in [0.29, 0.717) is 46.1 Å². The summed E-state index contributed by atoms with van der Waals surface area (Å²) in [6, 6.07) is 22.7. The second-order valence-electron chi connectivity index (χ2n) is 9.84. The molecule has 0 aliphatic rings. The Hall–Kier alpha value is -4.52. The normalized spacial score (nSPS) is 11.7. The maximum Gasteiger partial charge on any atom is 0.296 e. The molecular formula is C31H30N4O3. The second-order valence-corrected chi connectivity index (χ2v) is 9.84. The highest BCUT2D eigenvalue weighted by Crippen LogP contribution is 2.40. The summed E-state index contributed by atoms with van der Waals surface area (Å²) in [5.41, 5.74) is 4.73. The number of hydrogen-bond donors (Lipinski definition) is 1. The lowest BCUT2D eigenvalue weighted by atomic mass is 10.0.